The summed E-state index contributed by atoms with van der Waals surface area (Å²) in [4.78, 5) is 22.9. The average Bonchev–Trinajstić information content (AvgIpc) is 2.71. The van der Waals surface area contributed by atoms with Crippen LogP contribution in [0.1, 0.15) is 117 Å². The average molecular weight is 421 g/mol. The number of carbonyl (C=O) groups excluding carboxylic acids is 2. The molecule has 30 heavy (non-hydrogen) atoms. The third-order valence-corrected chi connectivity index (χ3v) is 7.76. The van der Waals surface area contributed by atoms with Crippen LogP contribution in [-0.4, -0.2) is 36.0 Å². The number of hydrogen-bond donors (Lipinski definition) is 0. The molecule has 4 aliphatic carbocycles. The van der Waals surface area contributed by atoms with Crippen molar-refractivity contribution in [1.29, 1.82) is 0 Å². The minimum absolute atomic E-state index is 0.0524. The number of rotatable bonds is 16. The van der Waals surface area contributed by atoms with Crippen molar-refractivity contribution in [3.05, 3.63) is 0 Å². The SMILES string of the molecule is CCC(=O)CCCCCOC12CC3CC(C1)CC(OCCCCCC(=O)CC)(C3)C2. The van der Waals surface area contributed by atoms with Gasteiger partial charge < -0.3 is 9.47 Å². The molecule has 0 aromatic heterocycles. The Morgan fingerprint density at radius 1 is 0.700 bits per heavy atom. The Balaban J connectivity index is 1.39. The van der Waals surface area contributed by atoms with Crippen molar-refractivity contribution in [2.75, 3.05) is 13.2 Å². The number of carbonyl (C=O) groups is 2. The van der Waals surface area contributed by atoms with E-state index in [1.54, 1.807) is 0 Å². The van der Waals surface area contributed by atoms with Gasteiger partial charge in [0.1, 0.15) is 11.6 Å². The lowest BCUT2D eigenvalue weighted by Gasteiger charge is -2.61. The lowest BCUT2D eigenvalue weighted by Crippen LogP contribution is -2.61. The summed E-state index contributed by atoms with van der Waals surface area (Å²) in [5.41, 5.74) is 0.105. The van der Waals surface area contributed by atoms with Crippen molar-refractivity contribution in [2.45, 2.75) is 128 Å². The summed E-state index contributed by atoms with van der Waals surface area (Å²) >= 11 is 0. The molecule has 4 nitrogen and oxygen atoms in total. The number of Topliss-reactive ketones (excluding diaryl/α,β-unsaturated/α-hetero) is 2. The van der Waals surface area contributed by atoms with Gasteiger partial charge in [-0.1, -0.05) is 26.7 Å². The van der Waals surface area contributed by atoms with E-state index >= 15 is 0 Å². The highest BCUT2D eigenvalue weighted by atomic mass is 16.5. The standard InChI is InChI=1S/C26H44O4/c1-3-23(27)11-7-5-9-13-29-25-16-21-15-22(17-25)19-26(18-21,20-25)30-14-10-6-8-12-24(28)4-2/h21-22H,3-20H2,1-2H3. The van der Waals surface area contributed by atoms with Crippen LogP contribution < -0.4 is 0 Å². The van der Waals surface area contributed by atoms with E-state index in [1.165, 1.54) is 32.1 Å². The van der Waals surface area contributed by atoms with E-state index in [2.05, 4.69) is 0 Å². The molecule has 0 spiro atoms. The van der Waals surface area contributed by atoms with Crippen LogP contribution in [0.15, 0.2) is 0 Å². The van der Waals surface area contributed by atoms with Gasteiger partial charge >= 0.3 is 0 Å². The van der Waals surface area contributed by atoms with Crippen LogP contribution in [0.4, 0.5) is 0 Å². The molecule has 4 bridgehead atoms. The first-order chi connectivity index (χ1) is 14.5. The molecule has 0 aromatic carbocycles. The molecular formula is C26H44O4. The third kappa shape index (κ3) is 6.63. The zero-order valence-electron chi connectivity index (χ0n) is 19.5. The van der Waals surface area contributed by atoms with Crippen LogP contribution in [0.3, 0.4) is 0 Å². The molecule has 0 heterocycles. The quantitative estimate of drug-likeness (QED) is 0.279. The number of ether oxygens (including phenoxy) is 2. The van der Waals surface area contributed by atoms with Gasteiger partial charge in [-0.15, -0.1) is 0 Å². The normalized spacial score (nSPS) is 31.9. The van der Waals surface area contributed by atoms with Crippen molar-refractivity contribution < 1.29 is 19.1 Å². The summed E-state index contributed by atoms with van der Waals surface area (Å²) < 4.78 is 13.2. The largest absolute Gasteiger partial charge is 0.375 e. The summed E-state index contributed by atoms with van der Waals surface area (Å²) in [5, 5.41) is 0. The van der Waals surface area contributed by atoms with E-state index < -0.39 is 0 Å². The highest BCUT2D eigenvalue weighted by Crippen LogP contribution is 2.60. The summed E-state index contributed by atoms with van der Waals surface area (Å²) in [6.45, 7) is 5.57. The number of hydrogen-bond acceptors (Lipinski definition) is 4. The second kappa shape index (κ2) is 11.2. The topological polar surface area (TPSA) is 52.6 Å². The molecule has 0 aromatic rings. The second-order valence-corrected chi connectivity index (χ2v) is 10.4. The smallest absolute Gasteiger partial charge is 0.132 e. The van der Waals surface area contributed by atoms with Crippen LogP contribution in [0.5, 0.6) is 0 Å². The molecule has 172 valence electrons. The van der Waals surface area contributed by atoms with Gasteiger partial charge in [0.05, 0.1) is 11.2 Å². The molecule has 4 saturated carbocycles. The van der Waals surface area contributed by atoms with Gasteiger partial charge in [0.2, 0.25) is 0 Å². The molecule has 4 rings (SSSR count). The molecule has 0 atom stereocenters. The van der Waals surface area contributed by atoms with E-state index in [-0.39, 0.29) is 11.2 Å². The maximum absolute atomic E-state index is 11.4. The minimum atomic E-state index is 0.0524. The lowest BCUT2D eigenvalue weighted by molar-refractivity contribution is -0.237. The number of ketones is 2. The fraction of sp³-hybridized carbons (Fsp3) is 0.923. The van der Waals surface area contributed by atoms with Gasteiger partial charge in [-0.2, -0.15) is 0 Å². The highest BCUT2D eigenvalue weighted by Gasteiger charge is 2.59. The van der Waals surface area contributed by atoms with Crippen molar-refractivity contribution >= 4 is 11.6 Å². The lowest BCUT2D eigenvalue weighted by atomic mass is 9.52. The van der Waals surface area contributed by atoms with E-state index in [0.717, 1.165) is 82.8 Å². The van der Waals surface area contributed by atoms with Gasteiger partial charge in [-0.25, -0.2) is 0 Å². The van der Waals surface area contributed by atoms with E-state index in [4.69, 9.17) is 9.47 Å². The molecule has 0 N–H and O–H groups in total. The summed E-state index contributed by atoms with van der Waals surface area (Å²) in [7, 11) is 0. The predicted molar refractivity (Wildman–Crippen MR) is 120 cm³/mol. The van der Waals surface area contributed by atoms with E-state index in [0.29, 0.717) is 24.4 Å². The molecular weight excluding hydrogens is 376 g/mol. The molecule has 0 unspecified atom stereocenters. The molecule has 0 aliphatic heterocycles. The zero-order chi connectivity index (χ0) is 21.5. The van der Waals surface area contributed by atoms with Gasteiger partial charge in [-0.05, 0) is 69.6 Å². The highest BCUT2D eigenvalue weighted by molar-refractivity contribution is 5.78. The summed E-state index contributed by atoms with van der Waals surface area (Å²) in [5.74, 6) is 2.31. The Morgan fingerprint density at radius 2 is 1.13 bits per heavy atom. The van der Waals surface area contributed by atoms with Crippen LogP contribution in [0, 0.1) is 11.8 Å². The van der Waals surface area contributed by atoms with Crippen molar-refractivity contribution in [3.63, 3.8) is 0 Å². The Kier molecular flexibility index (Phi) is 8.94. The first-order valence-corrected chi connectivity index (χ1v) is 12.8. The van der Waals surface area contributed by atoms with Crippen molar-refractivity contribution in [3.8, 4) is 0 Å². The van der Waals surface area contributed by atoms with E-state index in [9.17, 15) is 9.59 Å². The van der Waals surface area contributed by atoms with Crippen molar-refractivity contribution in [1.82, 2.24) is 0 Å². The van der Waals surface area contributed by atoms with Crippen molar-refractivity contribution in [2.24, 2.45) is 11.8 Å². The first-order valence-electron chi connectivity index (χ1n) is 12.8. The Labute approximate surface area is 183 Å². The fourth-order valence-corrected chi connectivity index (χ4v) is 6.57. The Morgan fingerprint density at radius 3 is 1.53 bits per heavy atom. The van der Waals surface area contributed by atoms with Crippen LogP contribution in [0.2, 0.25) is 0 Å². The zero-order valence-corrected chi connectivity index (χ0v) is 19.5. The van der Waals surface area contributed by atoms with Gasteiger partial charge in [0, 0.05) is 45.3 Å². The minimum Gasteiger partial charge on any atom is -0.375 e. The summed E-state index contributed by atoms with van der Waals surface area (Å²) in [6, 6.07) is 0. The van der Waals surface area contributed by atoms with Crippen LogP contribution in [-0.2, 0) is 19.1 Å². The predicted octanol–water partition coefficient (Wildman–Crippen LogP) is 6.19. The van der Waals surface area contributed by atoms with Gasteiger partial charge in [0.15, 0.2) is 0 Å². The maximum Gasteiger partial charge on any atom is 0.132 e. The Bertz CT molecular complexity index is 509. The molecule has 0 saturated heterocycles. The number of unbranched alkanes of at least 4 members (excludes halogenated alkanes) is 4. The molecule has 4 heteroatoms. The van der Waals surface area contributed by atoms with Crippen LogP contribution >= 0.6 is 0 Å². The summed E-state index contributed by atoms with van der Waals surface area (Å²) in [6.07, 6.45) is 16.5. The molecule has 0 radical (unpaired) electrons. The maximum atomic E-state index is 11.4. The third-order valence-electron chi connectivity index (χ3n) is 7.76. The van der Waals surface area contributed by atoms with Crippen LogP contribution in [0.25, 0.3) is 0 Å². The molecule has 0 amide bonds. The van der Waals surface area contributed by atoms with E-state index in [1.807, 2.05) is 13.8 Å². The second-order valence-electron chi connectivity index (χ2n) is 10.4. The Hall–Kier alpha value is -0.740. The monoisotopic (exact) mass is 420 g/mol. The van der Waals surface area contributed by atoms with Gasteiger partial charge in [-0.3, -0.25) is 9.59 Å². The fourth-order valence-electron chi connectivity index (χ4n) is 6.57. The first kappa shape index (κ1) is 23.9. The van der Waals surface area contributed by atoms with Gasteiger partial charge in [0.25, 0.3) is 0 Å². The molecule has 4 aliphatic rings. The molecule has 4 fully saturated rings.